The molecule has 0 unspecified atom stereocenters. The zero-order chi connectivity index (χ0) is 13.9. The van der Waals surface area contributed by atoms with E-state index in [1.165, 1.54) is 60.8 Å². The zero-order valence-corrected chi connectivity index (χ0v) is 13.6. The largest absolute Gasteiger partial charge is 0.345 e. The number of hydrogen-bond acceptors (Lipinski definition) is 4. The summed E-state index contributed by atoms with van der Waals surface area (Å²) in [6, 6.07) is 1.56. The molecule has 0 spiro atoms. The lowest BCUT2D eigenvalue weighted by Gasteiger charge is -2.20. The number of rotatable bonds is 9. The molecule has 0 aliphatic heterocycles. The summed E-state index contributed by atoms with van der Waals surface area (Å²) < 4.78 is 0. The molecule has 2 aliphatic carbocycles. The molecule has 0 radical (unpaired) electrons. The second-order valence-corrected chi connectivity index (χ2v) is 7.26. The maximum absolute atomic E-state index is 4.98. The second kappa shape index (κ2) is 6.44. The minimum Gasteiger partial charge on any atom is -0.345 e. The highest BCUT2D eigenvalue weighted by atomic mass is 32.1. The second-order valence-electron chi connectivity index (χ2n) is 6.20. The predicted octanol–water partition coefficient (Wildman–Crippen LogP) is 3.73. The van der Waals surface area contributed by atoms with Crippen LogP contribution in [0.2, 0.25) is 0 Å². The lowest BCUT2D eigenvalue weighted by Crippen LogP contribution is -2.26. The number of nitrogens with zero attached hydrogens (tertiary/aromatic N) is 2. The van der Waals surface area contributed by atoms with Crippen molar-refractivity contribution in [2.45, 2.75) is 77.4 Å². The van der Waals surface area contributed by atoms with E-state index in [-0.39, 0.29) is 0 Å². The molecule has 0 bridgehead atoms. The summed E-state index contributed by atoms with van der Waals surface area (Å²) in [6.07, 6.45) is 8.97. The molecule has 1 aromatic heterocycles. The molecule has 0 amide bonds. The Morgan fingerprint density at radius 3 is 2.60 bits per heavy atom. The van der Waals surface area contributed by atoms with Crippen LogP contribution < -0.4 is 10.2 Å². The third-order valence-electron chi connectivity index (χ3n) is 4.08. The van der Waals surface area contributed by atoms with Crippen molar-refractivity contribution in [1.82, 2.24) is 10.3 Å². The van der Waals surface area contributed by atoms with Crippen LogP contribution in [0.15, 0.2) is 0 Å². The van der Waals surface area contributed by atoms with Crippen LogP contribution in [0.5, 0.6) is 0 Å². The van der Waals surface area contributed by atoms with Gasteiger partial charge in [-0.2, -0.15) is 0 Å². The average Bonchev–Trinajstić information content (AvgIpc) is 3.33. The number of hydrogen-bond donors (Lipinski definition) is 1. The predicted molar refractivity (Wildman–Crippen MR) is 86.6 cm³/mol. The molecule has 2 saturated carbocycles. The molecule has 0 aromatic carbocycles. The molecule has 3 nitrogen and oxygen atoms in total. The van der Waals surface area contributed by atoms with Crippen LogP contribution in [0.4, 0.5) is 5.13 Å². The summed E-state index contributed by atoms with van der Waals surface area (Å²) in [5.74, 6) is 0. The number of aryl methyl sites for hydroxylation is 1. The van der Waals surface area contributed by atoms with Gasteiger partial charge in [0.05, 0.1) is 5.69 Å². The number of thiazole rings is 1. The van der Waals surface area contributed by atoms with Gasteiger partial charge >= 0.3 is 0 Å². The fourth-order valence-electron chi connectivity index (χ4n) is 2.65. The summed E-state index contributed by atoms with van der Waals surface area (Å²) in [7, 11) is 0. The Morgan fingerprint density at radius 1 is 1.20 bits per heavy atom. The molecular formula is C16H27N3S. The van der Waals surface area contributed by atoms with Gasteiger partial charge in [-0.3, -0.25) is 0 Å². The van der Waals surface area contributed by atoms with E-state index in [4.69, 9.17) is 4.98 Å². The van der Waals surface area contributed by atoms with Crippen molar-refractivity contribution >= 4 is 16.5 Å². The average molecular weight is 293 g/mol. The molecule has 3 rings (SSSR count). The number of nitrogens with one attached hydrogen (secondary N) is 1. The van der Waals surface area contributed by atoms with E-state index in [0.717, 1.165) is 25.0 Å². The van der Waals surface area contributed by atoms with Crippen LogP contribution in [0, 0.1) is 0 Å². The molecular weight excluding hydrogens is 266 g/mol. The van der Waals surface area contributed by atoms with Crippen LogP contribution in [-0.4, -0.2) is 23.6 Å². The van der Waals surface area contributed by atoms with E-state index in [1.54, 1.807) is 0 Å². The van der Waals surface area contributed by atoms with Crippen molar-refractivity contribution in [2.75, 3.05) is 11.4 Å². The van der Waals surface area contributed by atoms with Gasteiger partial charge in [0.15, 0.2) is 5.13 Å². The van der Waals surface area contributed by atoms with Crippen molar-refractivity contribution in [3.05, 3.63) is 10.6 Å². The minimum atomic E-state index is 0.778. The highest BCUT2D eigenvalue weighted by Crippen LogP contribution is 2.36. The summed E-state index contributed by atoms with van der Waals surface area (Å²) >= 11 is 1.94. The van der Waals surface area contributed by atoms with Crippen molar-refractivity contribution in [2.24, 2.45) is 0 Å². The van der Waals surface area contributed by atoms with Crippen LogP contribution >= 0.6 is 11.3 Å². The normalized spacial score (nSPS) is 18.5. The molecule has 20 heavy (non-hydrogen) atoms. The van der Waals surface area contributed by atoms with Gasteiger partial charge in [-0.15, -0.1) is 11.3 Å². The molecule has 2 aliphatic rings. The maximum atomic E-state index is 4.98. The van der Waals surface area contributed by atoms with Crippen molar-refractivity contribution in [3.8, 4) is 0 Å². The third kappa shape index (κ3) is 3.53. The van der Waals surface area contributed by atoms with E-state index in [0.29, 0.717) is 0 Å². The first-order chi connectivity index (χ1) is 9.81. The lowest BCUT2D eigenvalue weighted by molar-refractivity contribution is 0.686. The van der Waals surface area contributed by atoms with Gasteiger partial charge in [0.1, 0.15) is 0 Å². The molecule has 4 heteroatoms. The van der Waals surface area contributed by atoms with E-state index >= 15 is 0 Å². The van der Waals surface area contributed by atoms with Gasteiger partial charge in [0, 0.05) is 30.1 Å². The molecule has 1 N–H and O–H groups in total. The Hall–Kier alpha value is -0.610. The molecule has 112 valence electrons. The maximum Gasteiger partial charge on any atom is 0.186 e. The SMILES string of the molecule is CCCc1nc(N(CCC)C2CC2)sc1CNC1CC1. The van der Waals surface area contributed by atoms with Gasteiger partial charge < -0.3 is 10.2 Å². The minimum absolute atomic E-state index is 0.778. The van der Waals surface area contributed by atoms with Gasteiger partial charge in [-0.1, -0.05) is 20.3 Å². The lowest BCUT2D eigenvalue weighted by atomic mass is 10.2. The smallest absolute Gasteiger partial charge is 0.186 e. The van der Waals surface area contributed by atoms with E-state index in [1.807, 2.05) is 11.3 Å². The van der Waals surface area contributed by atoms with Gasteiger partial charge in [0.2, 0.25) is 0 Å². The quantitative estimate of drug-likeness (QED) is 0.752. The third-order valence-corrected chi connectivity index (χ3v) is 5.21. The van der Waals surface area contributed by atoms with Gasteiger partial charge in [0.25, 0.3) is 0 Å². The Labute approximate surface area is 126 Å². The first-order valence-electron chi connectivity index (χ1n) is 8.30. The van der Waals surface area contributed by atoms with Crippen molar-refractivity contribution in [1.29, 1.82) is 0 Å². The molecule has 0 atom stereocenters. The van der Waals surface area contributed by atoms with Crippen LogP contribution in [0.3, 0.4) is 0 Å². The standard InChI is InChI=1S/C16H27N3S/c1-3-5-14-15(11-17-12-6-7-12)20-16(18-14)19(10-4-2)13-8-9-13/h12-13,17H,3-11H2,1-2H3. The highest BCUT2D eigenvalue weighted by molar-refractivity contribution is 7.15. The summed E-state index contributed by atoms with van der Waals surface area (Å²) in [4.78, 5) is 9.02. The number of aromatic nitrogens is 1. The first-order valence-corrected chi connectivity index (χ1v) is 9.12. The Kier molecular flexibility index (Phi) is 4.61. The Morgan fingerprint density at radius 2 is 2.00 bits per heavy atom. The van der Waals surface area contributed by atoms with Gasteiger partial charge in [-0.05, 0) is 38.5 Å². The van der Waals surface area contributed by atoms with Crippen molar-refractivity contribution in [3.63, 3.8) is 0 Å². The monoisotopic (exact) mass is 293 g/mol. The first kappa shape index (κ1) is 14.3. The fraction of sp³-hybridized carbons (Fsp3) is 0.812. The van der Waals surface area contributed by atoms with Crippen LogP contribution in [0.25, 0.3) is 0 Å². The van der Waals surface area contributed by atoms with Crippen LogP contribution in [0.1, 0.15) is 62.9 Å². The topological polar surface area (TPSA) is 28.2 Å². The summed E-state index contributed by atoms with van der Waals surface area (Å²) in [5.41, 5.74) is 1.35. The van der Waals surface area contributed by atoms with Crippen molar-refractivity contribution < 1.29 is 0 Å². The Balaban J connectivity index is 1.73. The zero-order valence-electron chi connectivity index (χ0n) is 12.8. The number of anilines is 1. The van der Waals surface area contributed by atoms with E-state index in [2.05, 4.69) is 24.1 Å². The van der Waals surface area contributed by atoms with E-state index < -0.39 is 0 Å². The summed E-state index contributed by atoms with van der Waals surface area (Å²) in [5, 5.41) is 4.94. The Bertz CT molecular complexity index is 435. The van der Waals surface area contributed by atoms with Gasteiger partial charge in [-0.25, -0.2) is 4.98 Å². The van der Waals surface area contributed by atoms with E-state index in [9.17, 15) is 0 Å². The summed E-state index contributed by atoms with van der Waals surface area (Å²) in [6.45, 7) is 6.72. The molecule has 0 saturated heterocycles. The molecule has 1 heterocycles. The fourth-order valence-corrected chi connectivity index (χ4v) is 3.80. The molecule has 1 aromatic rings. The molecule has 2 fully saturated rings. The van der Waals surface area contributed by atoms with Crippen LogP contribution in [-0.2, 0) is 13.0 Å². The highest BCUT2D eigenvalue weighted by Gasteiger charge is 2.31.